The SMILES string of the molecule is COc1cc(OC)c([C@@H](N)c2ccsc2)c(OC)c1.Cl. The first-order chi connectivity index (χ1) is 9.21. The Labute approximate surface area is 128 Å². The van der Waals surface area contributed by atoms with Gasteiger partial charge >= 0.3 is 0 Å². The van der Waals surface area contributed by atoms with Crippen LogP contribution < -0.4 is 19.9 Å². The van der Waals surface area contributed by atoms with E-state index in [1.165, 1.54) is 0 Å². The highest BCUT2D eigenvalue weighted by Crippen LogP contribution is 2.39. The molecule has 1 aromatic carbocycles. The second kappa shape index (κ2) is 7.38. The molecule has 0 bridgehead atoms. The molecule has 20 heavy (non-hydrogen) atoms. The number of hydrogen-bond donors (Lipinski definition) is 1. The molecule has 2 aromatic rings. The molecule has 0 unspecified atom stereocenters. The molecule has 6 heteroatoms. The topological polar surface area (TPSA) is 53.7 Å². The Balaban J connectivity index is 0.00000200. The summed E-state index contributed by atoms with van der Waals surface area (Å²) in [6.45, 7) is 0. The Morgan fingerprint density at radius 1 is 1.05 bits per heavy atom. The summed E-state index contributed by atoms with van der Waals surface area (Å²) in [4.78, 5) is 0. The fourth-order valence-corrected chi connectivity index (χ4v) is 2.65. The van der Waals surface area contributed by atoms with Crippen LogP contribution in [0.15, 0.2) is 29.0 Å². The van der Waals surface area contributed by atoms with Gasteiger partial charge in [-0.1, -0.05) is 0 Å². The molecule has 4 nitrogen and oxygen atoms in total. The lowest BCUT2D eigenvalue weighted by atomic mass is 9.99. The molecule has 1 aromatic heterocycles. The van der Waals surface area contributed by atoms with Gasteiger partial charge in [-0.2, -0.15) is 11.3 Å². The van der Waals surface area contributed by atoms with Crippen molar-refractivity contribution in [3.63, 3.8) is 0 Å². The minimum absolute atomic E-state index is 0. The van der Waals surface area contributed by atoms with Crippen LogP contribution in [0.4, 0.5) is 0 Å². The van der Waals surface area contributed by atoms with Gasteiger partial charge in [0.15, 0.2) is 0 Å². The predicted octanol–water partition coefficient (Wildman–Crippen LogP) is 3.24. The summed E-state index contributed by atoms with van der Waals surface area (Å²) in [6.07, 6.45) is 0. The van der Waals surface area contributed by atoms with E-state index in [1.54, 1.807) is 32.7 Å². The molecule has 1 atom stereocenters. The van der Waals surface area contributed by atoms with Crippen molar-refractivity contribution < 1.29 is 14.2 Å². The number of nitrogens with two attached hydrogens (primary N) is 1. The van der Waals surface area contributed by atoms with Gasteiger partial charge in [-0.25, -0.2) is 0 Å². The van der Waals surface area contributed by atoms with Gasteiger partial charge in [-0.15, -0.1) is 12.4 Å². The van der Waals surface area contributed by atoms with Crippen LogP contribution in [0.3, 0.4) is 0 Å². The van der Waals surface area contributed by atoms with Gasteiger partial charge in [0.2, 0.25) is 0 Å². The average Bonchev–Trinajstić information content (AvgIpc) is 2.99. The van der Waals surface area contributed by atoms with Crippen molar-refractivity contribution in [2.45, 2.75) is 6.04 Å². The third-order valence-corrected chi connectivity index (χ3v) is 3.67. The van der Waals surface area contributed by atoms with Gasteiger partial charge in [0.25, 0.3) is 0 Å². The number of hydrogen-bond acceptors (Lipinski definition) is 5. The Bertz CT molecular complexity index is 520. The van der Waals surface area contributed by atoms with Crippen LogP contribution >= 0.6 is 23.7 Å². The van der Waals surface area contributed by atoms with Crippen molar-refractivity contribution in [3.05, 3.63) is 40.1 Å². The molecule has 110 valence electrons. The highest BCUT2D eigenvalue weighted by molar-refractivity contribution is 7.08. The first kappa shape index (κ1) is 16.6. The maximum atomic E-state index is 6.31. The van der Waals surface area contributed by atoms with Gasteiger partial charge in [-0.3, -0.25) is 0 Å². The summed E-state index contributed by atoms with van der Waals surface area (Å²) in [5, 5.41) is 4.02. The number of halogens is 1. The second-order valence-electron chi connectivity index (χ2n) is 3.98. The Morgan fingerprint density at radius 3 is 2.05 bits per heavy atom. The molecule has 1 heterocycles. The molecule has 2 rings (SSSR count). The quantitative estimate of drug-likeness (QED) is 0.920. The molecule has 0 saturated carbocycles. The van der Waals surface area contributed by atoms with Gasteiger partial charge < -0.3 is 19.9 Å². The zero-order valence-corrected chi connectivity index (χ0v) is 13.2. The maximum Gasteiger partial charge on any atom is 0.131 e. The molecule has 0 saturated heterocycles. The summed E-state index contributed by atoms with van der Waals surface area (Å²) in [5.74, 6) is 2.00. The van der Waals surface area contributed by atoms with E-state index in [0.717, 1.165) is 11.1 Å². The van der Waals surface area contributed by atoms with E-state index < -0.39 is 0 Å². The van der Waals surface area contributed by atoms with Crippen LogP contribution in [0.2, 0.25) is 0 Å². The zero-order valence-electron chi connectivity index (χ0n) is 11.6. The Morgan fingerprint density at radius 2 is 1.65 bits per heavy atom. The Kier molecular flexibility index (Phi) is 6.13. The molecule has 0 aliphatic heterocycles. The third kappa shape index (κ3) is 3.17. The van der Waals surface area contributed by atoms with Crippen molar-refractivity contribution in [2.24, 2.45) is 5.73 Å². The molecule has 0 fully saturated rings. The highest BCUT2D eigenvalue weighted by Gasteiger charge is 2.21. The van der Waals surface area contributed by atoms with Gasteiger partial charge in [0, 0.05) is 12.1 Å². The number of benzene rings is 1. The van der Waals surface area contributed by atoms with Crippen molar-refractivity contribution >= 4 is 23.7 Å². The number of thiophene rings is 1. The lowest BCUT2D eigenvalue weighted by molar-refractivity contribution is 0.366. The summed E-state index contributed by atoms with van der Waals surface area (Å²) >= 11 is 1.61. The molecular formula is C14H18ClNO3S. The summed E-state index contributed by atoms with van der Waals surface area (Å²) < 4.78 is 16.1. The van der Waals surface area contributed by atoms with Crippen molar-refractivity contribution in [1.82, 2.24) is 0 Å². The van der Waals surface area contributed by atoms with E-state index in [2.05, 4.69) is 0 Å². The summed E-state index contributed by atoms with van der Waals surface area (Å²) in [6, 6.07) is 5.33. The molecule has 2 N–H and O–H groups in total. The maximum absolute atomic E-state index is 6.31. The van der Waals surface area contributed by atoms with Gasteiger partial charge in [-0.05, 0) is 22.4 Å². The molecule has 0 radical (unpaired) electrons. The molecular weight excluding hydrogens is 298 g/mol. The largest absolute Gasteiger partial charge is 0.496 e. The minimum atomic E-state index is -0.290. The van der Waals surface area contributed by atoms with Crippen LogP contribution in [0.25, 0.3) is 0 Å². The van der Waals surface area contributed by atoms with E-state index in [4.69, 9.17) is 19.9 Å². The first-order valence-electron chi connectivity index (χ1n) is 5.78. The monoisotopic (exact) mass is 315 g/mol. The zero-order chi connectivity index (χ0) is 13.8. The normalized spacial score (nSPS) is 11.4. The van der Waals surface area contributed by atoms with Crippen LogP contribution in [0.1, 0.15) is 17.2 Å². The van der Waals surface area contributed by atoms with Crippen molar-refractivity contribution in [1.29, 1.82) is 0 Å². The van der Waals surface area contributed by atoms with E-state index in [1.807, 2.05) is 29.0 Å². The van der Waals surface area contributed by atoms with Crippen molar-refractivity contribution in [2.75, 3.05) is 21.3 Å². The lowest BCUT2D eigenvalue weighted by Gasteiger charge is -2.19. The molecule has 0 aliphatic rings. The summed E-state index contributed by atoms with van der Waals surface area (Å²) in [7, 11) is 4.82. The van der Waals surface area contributed by atoms with Gasteiger partial charge in [0.1, 0.15) is 17.2 Å². The van der Waals surface area contributed by atoms with Gasteiger partial charge in [0.05, 0.1) is 32.9 Å². The summed E-state index contributed by atoms with van der Waals surface area (Å²) in [5.41, 5.74) is 8.17. The van der Waals surface area contributed by atoms with E-state index in [0.29, 0.717) is 17.2 Å². The first-order valence-corrected chi connectivity index (χ1v) is 6.73. The lowest BCUT2D eigenvalue weighted by Crippen LogP contribution is -2.14. The smallest absolute Gasteiger partial charge is 0.131 e. The molecule has 0 aliphatic carbocycles. The van der Waals surface area contributed by atoms with Crippen LogP contribution in [0.5, 0.6) is 17.2 Å². The number of ether oxygens (including phenoxy) is 3. The second-order valence-corrected chi connectivity index (χ2v) is 4.76. The molecule has 0 amide bonds. The highest BCUT2D eigenvalue weighted by atomic mass is 35.5. The Hall–Kier alpha value is -1.43. The van der Waals surface area contributed by atoms with E-state index >= 15 is 0 Å². The average molecular weight is 316 g/mol. The van der Waals surface area contributed by atoms with Crippen LogP contribution in [-0.2, 0) is 0 Å². The standard InChI is InChI=1S/C14H17NO3S.ClH/c1-16-10-6-11(17-2)13(12(7-10)18-3)14(15)9-4-5-19-8-9;/h4-8,14H,15H2,1-3H3;1H/t14-;/m0./s1. The van der Waals surface area contributed by atoms with Crippen molar-refractivity contribution in [3.8, 4) is 17.2 Å². The minimum Gasteiger partial charge on any atom is -0.496 e. The number of methoxy groups -OCH3 is 3. The van der Waals surface area contributed by atoms with Crippen LogP contribution in [0, 0.1) is 0 Å². The fraction of sp³-hybridized carbons (Fsp3) is 0.286. The predicted molar refractivity (Wildman–Crippen MR) is 83.7 cm³/mol. The van der Waals surface area contributed by atoms with Crippen LogP contribution in [-0.4, -0.2) is 21.3 Å². The third-order valence-electron chi connectivity index (χ3n) is 2.97. The fourth-order valence-electron chi connectivity index (χ4n) is 1.96. The molecule has 0 spiro atoms. The number of rotatable bonds is 5. The van der Waals surface area contributed by atoms with E-state index in [-0.39, 0.29) is 18.4 Å². The van der Waals surface area contributed by atoms with E-state index in [9.17, 15) is 0 Å².